The van der Waals surface area contributed by atoms with Crippen LogP contribution in [-0.4, -0.2) is 40.4 Å². The molecule has 0 amide bonds. The van der Waals surface area contributed by atoms with E-state index in [2.05, 4.69) is 9.88 Å². The smallest absolute Gasteiger partial charge is 0.361 e. The van der Waals surface area contributed by atoms with Gasteiger partial charge in [0, 0.05) is 38.1 Å². The van der Waals surface area contributed by atoms with E-state index in [1.165, 1.54) is 12.8 Å². The van der Waals surface area contributed by atoms with Gasteiger partial charge in [0.05, 0.1) is 18.6 Å². The van der Waals surface area contributed by atoms with Crippen molar-refractivity contribution in [2.45, 2.75) is 70.1 Å². The molecule has 2 heterocycles. The Labute approximate surface area is 193 Å². The molecule has 1 atom stereocenters. The van der Waals surface area contributed by atoms with E-state index in [-0.39, 0.29) is 19.1 Å². The number of rotatable bonds is 6. The molecule has 1 aromatic heterocycles. The van der Waals surface area contributed by atoms with E-state index in [4.69, 9.17) is 0 Å². The van der Waals surface area contributed by atoms with Crippen LogP contribution in [0.15, 0.2) is 30.7 Å². The quantitative estimate of drug-likeness (QED) is 0.594. The van der Waals surface area contributed by atoms with Gasteiger partial charge in [0.15, 0.2) is 0 Å². The van der Waals surface area contributed by atoms with Crippen LogP contribution in [0.4, 0.5) is 18.9 Å². The maximum atomic E-state index is 13.6. The first-order valence-electron chi connectivity index (χ1n) is 11.4. The van der Waals surface area contributed by atoms with E-state index < -0.39 is 15.5 Å². The van der Waals surface area contributed by atoms with Crippen molar-refractivity contribution >= 4 is 15.7 Å². The standard InChI is InChI=1S/C23H31F3N4O2S/c1-17-6-5-9-22-21(17)15-29(33(31,32)23(24,25)26)14-20(11-10-18-7-3-4-8-18)30(22)13-19-12-28(2)16-27-19/h5-6,9,12,16,18,20H,3-4,7-8,10-11,13-15H2,1-2H3/t20-/m1/s1. The van der Waals surface area contributed by atoms with Gasteiger partial charge >= 0.3 is 15.5 Å². The highest BCUT2D eigenvalue weighted by molar-refractivity contribution is 7.89. The molecule has 0 bridgehead atoms. The lowest BCUT2D eigenvalue weighted by Gasteiger charge is -2.34. The van der Waals surface area contributed by atoms with Gasteiger partial charge in [-0.15, -0.1) is 0 Å². The molecule has 1 aromatic carbocycles. The van der Waals surface area contributed by atoms with Crippen LogP contribution < -0.4 is 4.90 Å². The minimum atomic E-state index is -5.46. The number of hydrogen-bond acceptors (Lipinski definition) is 4. The third kappa shape index (κ3) is 5.06. The number of fused-ring (bicyclic) bond motifs is 1. The molecule has 2 aromatic rings. The molecule has 10 heteroatoms. The highest BCUT2D eigenvalue weighted by Crippen LogP contribution is 2.38. The first kappa shape index (κ1) is 24.1. The summed E-state index contributed by atoms with van der Waals surface area (Å²) in [6.07, 6.45) is 9.73. The van der Waals surface area contributed by atoms with Crippen LogP contribution in [0.2, 0.25) is 0 Å². The second-order valence-electron chi connectivity index (χ2n) is 9.36. The van der Waals surface area contributed by atoms with Crippen LogP contribution in [0.3, 0.4) is 0 Å². The van der Waals surface area contributed by atoms with Gasteiger partial charge < -0.3 is 9.47 Å². The summed E-state index contributed by atoms with van der Waals surface area (Å²) in [5.74, 6) is 0.551. The molecular weight excluding hydrogens is 453 g/mol. The maximum Gasteiger partial charge on any atom is 0.511 e. The fourth-order valence-corrected chi connectivity index (χ4v) is 6.13. The Kier molecular flexibility index (Phi) is 6.77. The fraction of sp³-hybridized carbons (Fsp3) is 0.609. The number of imidazole rings is 1. The van der Waals surface area contributed by atoms with Crippen molar-refractivity contribution in [2.24, 2.45) is 13.0 Å². The molecule has 182 valence electrons. The molecule has 1 saturated carbocycles. The van der Waals surface area contributed by atoms with E-state index in [1.807, 2.05) is 42.9 Å². The molecule has 1 fully saturated rings. The van der Waals surface area contributed by atoms with Crippen LogP contribution in [0.1, 0.15) is 55.3 Å². The summed E-state index contributed by atoms with van der Waals surface area (Å²) >= 11 is 0. The van der Waals surface area contributed by atoms with Crippen molar-refractivity contribution in [2.75, 3.05) is 11.4 Å². The zero-order chi connectivity index (χ0) is 23.8. The molecule has 6 nitrogen and oxygen atoms in total. The van der Waals surface area contributed by atoms with Crippen molar-refractivity contribution in [1.29, 1.82) is 0 Å². The zero-order valence-electron chi connectivity index (χ0n) is 19.1. The molecule has 2 aliphatic rings. The molecule has 1 aliphatic heterocycles. The van der Waals surface area contributed by atoms with Crippen LogP contribution in [0.5, 0.6) is 0 Å². The van der Waals surface area contributed by atoms with Gasteiger partial charge in [-0.2, -0.15) is 17.5 Å². The molecule has 33 heavy (non-hydrogen) atoms. The minimum Gasteiger partial charge on any atom is -0.361 e. The number of hydrogen-bond donors (Lipinski definition) is 0. The largest absolute Gasteiger partial charge is 0.511 e. The topological polar surface area (TPSA) is 58.4 Å². The number of alkyl halides is 3. The normalized spacial score (nSPS) is 20.8. The Balaban J connectivity index is 1.75. The van der Waals surface area contributed by atoms with Gasteiger partial charge in [0.25, 0.3) is 0 Å². The molecule has 0 N–H and O–H groups in total. The Hall–Kier alpha value is -2.07. The van der Waals surface area contributed by atoms with Crippen molar-refractivity contribution in [3.05, 3.63) is 47.5 Å². The summed E-state index contributed by atoms with van der Waals surface area (Å²) in [7, 11) is -3.59. The summed E-state index contributed by atoms with van der Waals surface area (Å²) in [6.45, 7) is 1.74. The van der Waals surface area contributed by atoms with E-state index in [0.29, 0.717) is 28.8 Å². The Morgan fingerprint density at radius 1 is 1.15 bits per heavy atom. The van der Waals surface area contributed by atoms with Crippen molar-refractivity contribution in [3.63, 3.8) is 0 Å². The van der Waals surface area contributed by atoms with Crippen LogP contribution >= 0.6 is 0 Å². The average molecular weight is 485 g/mol. The maximum absolute atomic E-state index is 13.6. The monoisotopic (exact) mass is 484 g/mol. The van der Waals surface area contributed by atoms with Crippen molar-refractivity contribution in [1.82, 2.24) is 13.9 Å². The summed E-state index contributed by atoms with van der Waals surface area (Å²) in [5.41, 5.74) is -2.36. The fourth-order valence-electron chi connectivity index (χ4n) is 5.17. The lowest BCUT2D eigenvalue weighted by molar-refractivity contribution is -0.0492. The minimum absolute atomic E-state index is 0.199. The van der Waals surface area contributed by atoms with Crippen LogP contribution in [0.25, 0.3) is 0 Å². The van der Waals surface area contributed by atoms with Gasteiger partial charge in [-0.1, -0.05) is 37.8 Å². The van der Waals surface area contributed by atoms with Gasteiger partial charge in [-0.25, -0.2) is 13.4 Å². The summed E-state index contributed by atoms with van der Waals surface area (Å²) in [5, 5.41) is 0. The zero-order valence-corrected chi connectivity index (χ0v) is 19.9. The first-order valence-corrected chi connectivity index (χ1v) is 12.9. The second kappa shape index (κ2) is 9.29. The number of halogens is 3. The Morgan fingerprint density at radius 3 is 2.52 bits per heavy atom. The highest BCUT2D eigenvalue weighted by Gasteiger charge is 2.51. The molecule has 0 radical (unpaired) electrons. The van der Waals surface area contributed by atoms with E-state index in [1.54, 1.807) is 6.33 Å². The van der Waals surface area contributed by atoms with E-state index in [0.717, 1.165) is 36.2 Å². The van der Waals surface area contributed by atoms with E-state index in [9.17, 15) is 21.6 Å². The second-order valence-corrected chi connectivity index (χ2v) is 11.3. The lowest BCUT2D eigenvalue weighted by atomic mass is 9.97. The third-order valence-electron chi connectivity index (χ3n) is 6.99. The van der Waals surface area contributed by atoms with E-state index >= 15 is 0 Å². The summed E-state index contributed by atoms with van der Waals surface area (Å²) < 4.78 is 68.2. The molecule has 1 aliphatic carbocycles. The Bertz CT molecular complexity index is 1080. The molecule has 0 spiro atoms. The number of sulfonamides is 1. The SMILES string of the molecule is Cc1cccc2c1CN(S(=O)(=O)C(F)(F)F)C[C@@H](CCC1CCCC1)N2Cc1cn(C)cn1. The van der Waals surface area contributed by atoms with Crippen LogP contribution in [0, 0.1) is 12.8 Å². The van der Waals surface area contributed by atoms with Gasteiger partial charge in [0.2, 0.25) is 0 Å². The molecule has 0 saturated heterocycles. The lowest BCUT2D eigenvalue weighted by Crippen LogP contribution is -2.47. The van der Waals surface area contributed by atoms with Gasteiger partial charge in [-0.3, -0.25) is 0 Å². The van der Waals surface area contributed by atoms with Gasteiger partial charge in [-0.05, 0) is 42.9 Å². The summed E-state index contributed by atoms with van der Waals surface area (Å²) in [6, 6.07) is 5.20. The number of aromatic nitrogens is 2. The Morgan fingerprint density at radius 2 is 1.88 bits per heavy atom. The van der Waals surface area contributed by atoms with Crippen molar-refractivity contribution < 1.29 is 21.6 Å². The van der Waals surface area contributed by atoms with Crippen LogP contribution in [-0.2, 0) is 30.2 Å². The number of benzene rings is 1. The average Bonchev–Trinajstić information content (AvgIpc) is 3.37. The number of anilines is 1. The predicted octanol–water partition coefficient (Wildman–Crippen LogP) is 4.74. The molecular formula is C23H31F3N4O2S. The molecule has 0 unspecified atom stereocenters. The molecule has 4 rings (SSSR count). The third-order valence-corrected chi connectivity index (χ3v) is 8.53. The van der Waals surface area contributed by atoms with Crippen molar-refractivity contribution in [3.8, 4) is 0 Å². The number of nitrogens with zero attached hydrogens (tertiary/aromatic N) is 4. The first-order chi connectivity index (χ1) is 15.6. The predicted molar refractivity (Wildman–Crippen MR) is 121 cm³/mol. The van der Waals surface area contributed by atoms with Gasteiger partial charge in [0.1, 0.15) is 0 Å². The summed E-state index contributed by atoms with van der Waals surface area (Å²) in [4.78, 5) is 6.50. The highest BCUT2D eigenvalue weighted by atomic mass is 32.2. The number of aryl methyl sites for hydroxylation is 2.